The lowest BCUT2D eigenvalue weighted by molar-refractivity contribution is -0.192. The number of nitrogens with one attached hydrogen (secondary N) is 2. The summed E-state index contributed by atoms with van der Waals surface area (Å²) in [7, 11) is 0. The van der Waals surface area contributed by atoms with Gasteiger partial charge in [-0.05, 0) is 32.9 Å². The quantitative estimate of drug-likeness (QED) is 0.300. The highest BCUT2D eigenvalue weighted by atomic mass is 35.5. The van der Waals surface area contributed by atoms with E-state index in [-0.39, 0.29) is 34.2 Å². The van der Waals surface area contributed by atoms with E-state index in [1.54, 1.807) is 20.8 Å². The van der Waals surface area contributed by atoms with E-state index in [4.69, 9.17) is 31.3 Å². The Labute approximate surface area is 222 Å². The Morgan fingerprint density at radius 1 is 1.13 bits per heavy atom. The number of carbonyl (C=O) groups excluding carboxylic acids is 1. The summed E-state index contributed by atoms with van der Waals surface area (Å²) in [4.78, 5) is 37.0. The van der Waals surface area contributed by atoms with Crippen LogP contribution in [-0.4, -0.2) is 55.8 Å². The maximum Gasteiger partial charge on any atom is 0.490 e. The van der Waals surface area contributed by atoms with Gasteiger partial charge in [0.1, 0.15) is 23.9 Å². The number of rotatable bonds is 7. The molecule has 0 bridgehead atoms. The van der Waals surface area contributed by atoms with Crippen LogP contribution in [0.1, 0.15) is 35.6 Å². The van der Waals surface area contributed by atoms with Gasteiger partial charge >= 0.3 is 18.2 Å². The van der Waals surface area contributed by atoms with Crippen molar-refractivity contribution in [3.05, 3.63) is 64.1 Å². The monoisotopic (exact) mass is 580 g/mol. The number of hydrogen-bond donors (Lipinski definition) is 4. The molecule has 2 aromatic heterocycles. The Kier molecular flexibility index (Phi) is 9.68. The van der Waals surface area contributed by atoms with Crippen molar-refractivity contribution in [3.8, 4) is 5.75 Å². The van der Waals surface area contributed by atoms with Crippen molar-refractivity contribution in [2.75, 3.05) is 6.54 Å². The molecule has 0 aliphatic carbocycles. The van der Waals surface area contributed by atoms with Crippen molar-refractivity contribution < 1.29 is 51.3 Å². The molecule has 3 aromatic rings. The van der Waals surface area contributed by atoms with E-state index < -0.39 is 47.9 Å². The van der Waals surface area contributed by atoms with Crippen LogP contribution in [0.2, 0.25) is 5.02 Å². The van der Waals surface area contributed by atoms with Crippen molar-refractivity contribution in [2.45, 2.75) is 39.1 Å². The Balaban J connectivity index is 0.000000673. The minimum atomic E-state index is -5.08. The second-order valence-corrected chi connectivity index (χ2v) is 8.99. The molecule has 3 rings (SSSR count). The van der Waals surface area contributed by atoms with Gasteiger partial charge in [-0.2, -0.15) is 13.2 Å². The Morgan fingerprint density at radius 3 is 2.21 bits per heavy atom. The lowest BCUT2D eigenvalue weighted by Gasteiger charge is -2.26. The van der Waals surface area contributed by atoms with Crippen LogP contribution in [-0.2, 0) is 11.4 Å². The number of halogens is 6. The molecule has 0 saturated carbocycles. The number of fused-ring (bicyclic) bond motifs is 1. The number of nitrogens with zero attached hydrogens (tertiary/aromatic N) is 2. The molecular weight excluding hydrogens is 559 g/mol. The first kappa shape index (κ1) is 31.1. The fourth-order valence-electron chi connectivity index (χ4n) is 3.10. The highest BCUT2D eigenvalue weighted by Gasteiger charge is 2.38. The summed E-state index contributed by atoms with van der Waals surface area (Å²) in [5, 5.41) is 21.1. The van der Waals surface area contributed by atoms with Gasteiger partial charge < -0.3 is 25.6 Å². The minimum absolute atomic E-state index is 0.0207. The van der Waals surface area contributed by atoms with Gasteiger partial charge in [-0.25, -0.2) is 23.4 Å². The van der Waals surface area contributed by atoms with Crippen molar-refractivity contribution in [1.82, 2.24) is 20.0 Å². The largest absolute Gasteiger partial charge is 0.490 e. The number of hydrogen-bond acceptors (Lipinski definition) is 5. The third kappa shape index (κ3) is 8.43. The maximum atomic E-state index is 13.9. The van der Waals surface area contributed by atoms with Gasteiger partial charge in [0.2, 0.25) is 0 Å². The number of imidazole rings is 1. The Hall–Kier alpha value is -4.14. The first-order chi connectivity index (χ1) is 17.9. The van der Waals surface area contributed by atoms with Crippen LogP contribution in [0, 0.1) is 18.6 Å². The van der Waals surface area contributed by atoms with Crippen LogP contribution in [0.5, 0.6) is 5.75 Å². The molecule has 2 amide bonds. The van der Waals surface area contributed by atoms with Gasteiger partial charge in [0.05, 0.1) is 21.8 Å². The van der Waals surface area contributed by atoms with Gasteiger partial charge in [0.15, 0.2) is 11.4 Å². The van der Waals surface area contributed by atoms with E-state index in [0.29, 0.717) is 5.69 Å². The molecule has 0 radical (unpaired) electrons. The van der Waals surface area contributed by atoms with Crippen LogP contribution in [0.15, 0.2) is 30.5 Å². The van der Waals surface area contributed by atoms with Crippen molar-refractivity contribution in [1.29, 1.82) is 0 Å². The summed E-state index contributed by atoms with van der Waals surface area (Å²) in [6.45, 7) is 4.50. The average molecular weight is 581 g/mol. The van der Waals surface area contributed by atoms with Gasteiger partial charge in [0.25, 0.3) is 5.91 Å². The highest BCUT2D eigenvalue weighted by Crippen LogP contribution is 2.28. The first-order valence-electron chi connectivity index (χ1n) is 10.8. The van der Waals surface area contributed by atoms with Gasteiger partial charge in [-0.15, -0.1) is 0 Å². The molecule has 0 aliphatic rings. The maximum absolute atomic E-state index is 13.9. The number of amides is 2. The third-order valence-electron chi connectivity index (χ3n) is 4.85. The van der Waals surface area contributed by atoms with Crippen LogP contribution < -0.4 is 15.4 Å². The lowest BCUT2D eigenvalue weighted by Crippen LogP contribution is -2.51. The lowest BCUT2D eigenvalue weighted by atomic mass is 10.1. The Bertz CT molecular complexity index is 1370. The van der Waals surface area contributed by atoms with E-state index in [1.807, 2.05) is 0 Å². The van der Waals surface area contributed by atoms with Crippen LogP contribution in [0.25, 0.3) is 5.65 Å². The van der Waals surface area contributed by atoms with Crippen molar-refractivity contribution in [2.24, 2.45) is 0 Å². The average Bonchev–Trinajstić information content (AvgIpc) is 3.12. The summed E-state index contributed by atoms with van der Waals surface area (Å²) < 4.78 is 66.6. The topological polar surface area (TPSA) is 142 Å². The molecule has 0 aliphatic heterocycles. The highest BCUT2D eigenvalue weighted by molar-refractivity contribution is 6.30. The van der Waals surface area contributed by atoms with Crippen LogP contribution in [0.3, 0.4) is 0 Å². The summed E-state index contributed by atoms with van der Waals surface area (Å²) >= 11 is 6.19. The minimum Gasteiger partial charge on any atom is -0.485 e. The number of aliphatic carboxylic acids is 1. The van der Waals surface area contributed by atoms with Gasteiger partial charge in [-0.1, -0.05) is 17.7 Å². The summed E-state index contributed by atoms with van der Waals surface area (Å²) in [5.41, 5.74) is -0.400. The SMILES string of the molecule is Cc1nc2c(OCc3c(F)cccc3F)cc(Cl)cn2c1C(=O)NC(C)(C)CNC(=O)O.O=C(O)C(F)(F)F. The molecule has 0 saturated heterocycles. The molecule has 0 unspecified atom stereocenters. The molecular formula is C23H22ClF5N4O6. The van der Waals surface area contributed by atoms with Gasteiger partial charge in [-0.3, -0.25) is 9.20 Å². The normalized spacial score (nSPS) is 11.4. The smallest absolute Gasteiger partial charge is 0.485 e. The number of carboxylic acids is 1. The number of aromatic nitrogens is 2. The fraction of sp³-hybridized carbons (Fsp3) is 0.304. The fourth-order valence-corrected chi connectivity index (χ4v) is 3.30. The molecule has 4 N–H and O–H groups in total. The van der Waals surface area contributed by atoms with Crippen molar-refractivity contribution in [3.63, 3.8) is 0 Å². The molecule has 10 nitrogen and oxygen atoms in total. The second kappa shape index (κ2) is 12.1. The molecule has 212 valence electrons. The van der Waals surface area contributed by atoms with Gasteiger partial charge in [0, 0.05) is 18.8 Å². The molecule has 0 fully saturated rings. The zero-order chi connectivity index (χ0) is 29.7. The van der Waals surface area contributed by atoms with E-state index in [2.05, 4.69) is 15.6 Å². The number of carbonyl (C=O) groups is 3. The number of alkyl halides is 3. The van der Waals surface area contributed by atoms with E-state index in [9.17, 15) is 31.5 Å². The van der Waals surface area contributed by atoms with Crippen LogP contribution >= 0.6 is 11.6 Å². The molecule has 1 aromatic carbocycles. The summed E-state index contributed by atoms with van der Waals surface area (Å²) in [6, 6.07) is 4.93. The van der Waals surface area contributed by atoms with Crippen molar-refractivity contribution >= 4 is 35.2 Å². The molecule has 39 heavy (non-hydrogen) atoms. The number of aryl methyl sites for hydroxylation is 1. The summed E-state index contributed by atoms with van der Waals surface area (Å²) in [6.07, 6.45) is -4.83. The Morgan fingerprint density at radius 2 is 1.69 bits per heavy atom. The zero-order valence-electron chi connectivity index (χ0n) is 20.5. The molecule has 0 spiro atoms. The predicted molar refractivity (Wildman–Crippen MR) is 127 cm³/mol. The third-order valence-corrected chi connectivity index (χ3v) is 5.06. The number of carboxylic acid groups (broad SMARTS) is 2. The number of benzene rings is 1. The molecule has 2 heterocycles. The predicted octanol–water partition coefficient (Wildman–Crippen LogP) is 4.56. The number of ether oxygens (including phenoxy) is 1. The second-order valence-electron chi connectivity index (χ2n) is 8.55. The molecule has 0 atom stereocenters. The zero-order valence-corrected chi connectivity index (χ0v) is 21.2. The standard InChI is InChI=1S/C21H21ClF2N4O4.C2HF3O2/c1-11-17(19(29)27-21(2,3)10-25-20(30)31)28-8-12(22)7-16(18(28)26-11)32-9-13-14(23)5-4-6-15(13)24;3-2(4,5)1(6)7/h4-8,25H,9-10H2,1-3H3,(H,27,29)(H,30,31);(H,6,7). The summed E-state index contributed by atoms with van der Waals surface area (Å²) in [5.74, 6) is -4.64. The molecule has 16 heteroatoms. The first-order valence-corrected chi connectivity index (χ1v) is 11.1. The number of pyridine rings is 1. The van der Waals surface area contributed by atoms with Crippen LogP contribution in [0.4, 0.5) is 26.7 Å². The van der Waals surface area contributed by atoms with E-state index in [1.165, 1.54) is 22.7 Å². The van der Waals surface area contributed by atoms with E-state index >= 15 is 0 Å². The van der Waals surface area contributed by atoms with E-state index in [0.717, 1.165) is 12.1 Å².